The van der Waals surface area contributed by atoms with Crippen molar-refractivity contribution in [3.8, 4) is 33.6 Å². The summed E-state index contributed by atoms with van der Waals surface area (Å²) < 4.78 is 7.89. The fraction of sp³-hybridized carbons (Fsp3) is 0.227. The van der Waals surface area contributed by atoms with Crippen LogP contribution in [-0.4, -0.2) is 23.2 Å². The quantitative estimate of drug-likeness (QED) is 0.123. The largest absolute Gasteiger partial charge is 0.501 e. The summed E-state index contributed by atoms with van der Waals surface area (Å²) in [7, 11) is 0. The van der Waals surface area contributed by atoms with Crippen LogP contribution in [0.1, 0.15) is 36.8 Å². The van der Waals surface area contributed by atoms with Crippen LogP contribution in [0.5, 0.6) is 0 Å². The normalized spacial score (nSPS) is 13.2. The van der Waals surface area contributed by atoms with Gasteiger partial charge in [0.1, 0.15) is 5.58 Å². The molecular formula is C44H42GeIrN2O-2. The zero-order chi connectivity index (χ0) is 33.1. The van der Waals surface area contributed by atoms with E-state index < -0.39 is 13.3 Å². The van der Waals surface area contributed by atoms with Gasteiger partial charge in [0.15, 0.2) is 0 Å². The number of hydrogen-bond donors (Lipinski definition) is 0. The van der Waals surface area contributed by atoms with Crippen molar-refractivity contribution in [2.45, 2.75) is 56.3 Å². The summed E-state index contributed by atoms with van der Waals surface area (Å²) in [6.07, 6.45) is 10.6. The molecule has 0 spiro atoms. The van der Waals surface area contributed by atoms with Crippen LogP contribution in [0.25, 0.3) is 55.6 Å². The Hall–Kier alpha value is -3.83. The second kappa shape index (κ2) is 15.4. The van der Waals surface area contributed by atoms with E-state index in [1.807, 2.05) is 30.5 Å². The molecule has 0 unspecified atom stereocenters. The van der Waals surface area contributed by atoms with Crippen LogP contribution < -0.4 is 4.40 Å². The Morgan fingerprint density at radius 3 is 2.33 bits per heavy atom. The van der Waals surface area contributed by atoms with E-state index in [9.17, 15) is 0 Å². The molecule has 0 atom stereocenters. The van der Waals surface area contributed by atoms with Crippen molar-refractivity contribution in [2.75, 3.05) is 0 Å². The fourth-order valence-corrected chi connectivity index (χ4v) is 10.7. The summed E-state index contributed by atoms with van der Waals surface area (Å²) in [6.45, 7) is 2.19. The standard InChI is InChI=1S/C29H24NO.C15H18GeN.Ir/c1-2-10-22(11-3-1)23-12-7-15-27-28(23)25-14-6-13-24(29(25)31-27)26-19-21(16-17-30-26)18-20-8-4-5-9-20;1-12-10-15(13-8-6-5-7-9-13)17-11-14(12)16(2,3)4;/h1-3,6-7,10-12,14-17,19-20H,4-5,8-9,18H2;5-8,10-11H,1-4H3;/q2*-1;. The number of hydrogen-bond acceptors (Lipinski definition) is 3. The Morgan fingerprint density at radius 1 is 0.796 bits per heavy atom. The van der Waals surface area contributed by atoms with E-state index in [4.69, 9.17) is 9.40 Å². The average molecular weight is 880 g/mol. The summed E-state index contributed by atoms with van der Waals surface area (Å²) in [6, 6.07) is 42.1. The van der Waals surface area contributed by atoms with Gasteiger partial charge in [-0.1, -0.05) is 90.7 Å². The molecule has 249 valence electrons. The van der Waals surface area contributed by atoms with Gasteiger partial charge in [0.2, 0.25) is 0 Å². The summed E-state index contributed by atoms with van der Waals surface area (Å²) >= 11 is -1.77. The van der Waals surface area contributed by atoms with E-state index in [1.54, 1.807) is 0 Å². The first-order valence-corrected chi connectivity index (χ1v) is 24.5. The summed E-state index contributed by atoms with van der Waals surface area (Å²) in [4.78, 5) is 9.29. The number of nitrogens with zero attached hydrogens (tertiary/aromatic N) is 2. The van der Waals surface area contributed by atoms with Gasteiger partial charge in [0.25, 0.3) is 0 Å². The fourth-order valence-electron chi connectivity index (χ4n) is 7.17. The number of aromatic nitrogens is 2. The summed E-state index contributed by atoms with van der Waals surface area (Å²) in [5.41, 5.74) is 10.9. The van der Waals surface area contributed by atoms with Gasteiger partial charge in [-0.05, 0) is 41.3 Å². The molecule has 3 heterocycles. The van der Waals surface area contributed by atoms with Crippen LogP contribution in [0.4, 0.5) is 0 Å². The van der Waals surface area contributed by atoms with Crippen LogP contribution in [-0.2, 0) is 26.5 Å². The Balaban J connectivity index is 0.000000198. The van der Waals surface area contributed by atoms with Gasteiger partial charge < -0.3 is 9.40 Å². The topological polar surface area (TPSA) is 38.9 Å². The predicted molar refractivity (Wildman–Crippen MR) is 203 cm³/mol. The second-order valence-electron chi connectivity index (χ2n) is 14.1. The van der Waals surface area contributed by atoms with Crippen LogP contribution in [0.15, 0.2) is 120 Å². The van der Waals surface area contributed by atoms with Crippen molar-refractivity contribution in [1.82, 2.24) is 9.97 Å². The monoisotopic (exact) mass is 881 g/mol. The van der Waals surface area contributed by atoms with E-state index in [0.29, 0.717) is 0 Å². The molecule has 3 nitrogen and oxygen atoms in total. The Morgan fingerprint density at radius 2 is 1.59 bits per heavy atom. The van der Waals surface area contributed by atoms with Crippen LogP contribution >= 0.6 is 0 Å². The molecule has 0 bridgehead atoms. The molecule has 1 aliphatic carbocycles. The number of benzene rings is 4. The first-order chi connectivity index (χ1) is 23.3. The molecule has 5 heteroatoms. The van der Waals surface area contributed by atoms with Gasteiger partial charge in [-0.2, -0.15) is 0 Å². The predicted octanol–water partition coefficient (Wildman–Crippen LogP) is 11.2. The smallest absolute Gasteiger partial charge is 0.121 e. The Kier molecular flexibility index (Phi) is 11.0. The minimum Gasteiger partial charge on any atom is -0.501 e. The van der Waals surface area contributed by atoms with Gasteiger partial charge in [-0.25, -0.2) is 0 Å². The molecule has 1 aliphatic rings. The molecule has 49 heavy (non-hydrogen) atoms. The summed E-state index contributed by atoms with van der Waals surface area (Å²) in [5.74, 6) is 8.02. The third kappa shape index (κ3) is 7.83. The number of fused-ring (bicyclic) bond motifs is 3. The van der Waals surface area contributed by atoms with Crippen LogP contribution in [0, 0.1) is 25.0 Å². The maximum absolute atomic E-state index is 6.40. The minimum atomic E-state index is -1.77. The maximum Gasteiger partial charge on any atom is 0.121 e. The molecule has 0 amide bonds. The van der Waals surface area contributed by atoms with Crippen molar-refractivity contribution in [3.05, 3.63) is 139 Å². The van der Waals surface area contributed by atoms with Crippen molar-refractivity contribution < 1.29 is 24.5 Å². The van der Waals surface area contributed by atoms with Crippen molar-refractivity contribution in [2.24, 2.45) is 5.92 Å². The second-order valence-corrected chi connectivity index (χ2v) is 24.6. The molecule has 8 rings (SSSR count). The average Bonchev–Trinajstić information content (AvgIpc) is 3.77. The molecule has 3 aromatic heterocycles. The first kappa shape index (κ1) is 35.0. The number of pyridine rings is 2. The molecule has 0 saturated heterocycles. The molecular weight excluding hydrogens is 837 g/mol. The van der Waals surface area contributed by atoms with Crippen molar-refractivity contribution >= 4 is 39.6 Å². The van der Waals surface area contributed by atoms with E-state index in [0.717, 1.165) is 56.8 Å². The molecule has 1 fully saturated rings. The molecule has 7 aromatic rings. The number of aryl methyl sites for hydroxylation is 1. The molecule has 4 aromatic carbocycles. The van der Waals surface area contributed by atoms with Crippen LogP contribution in [0.2, 0.25) is 17.3 Å². The number of rotatable bonds is 6. The third-order valence-electron chi connectivity index (χ3n) is 9.53. The van der Waals surface area contributed by atoms with E-state index in [-0.39, 0.29) is 20.1 Å². The molecule has 1 saturated carbocycles. The first-order valence-electron chi connectivity index (χ1n) is 17.2. The Labute approximate surface area is 306 Å². The van der Waals surface area contributed by atoms with Gasteiger partial charge in [0, 0.05) is 31.7 Å². The van der Waals surface area contributed by atoms with Gasteiger partial charge in [0.05, 0.1) is 5.58 Å². The van der Waals surface area contributed by atoms with Gasteiger partial charge >= 0.3 is 106 Å². The van der Waals surface area contributed by atoms with Crippen molar-refractivity contribution in [1.29, 1.82) is 0 Å². The summed E-state index contributed by atoms with van der Waals surface area (Å²) in [5, 5.41) is 2.27. The zero-order valence-corrected chi connectivity index (χ0v) is 33.2. The van der Waals surface area contributed by atoms with E-state index in [2.05, 4.69) is 126 Å². The molecule has 1 radical (unpaired) electrons. The SMILES string of the molecule is Cc1cc(-c2[c-]cccc2)nc[c]1[Ge]([CH3])([CH3])[CH3].[Ir].[c-]1ccc2c(oc3cccc(-c4ccccc4)c32)c1-c1cc(CC2CCCC2)ccn1. The minimum absolute atomic E-state index is 0. The molecule has 0 N–H and O–H groups in total. The van der Waals surface area contributed by atoms with E-state index in [1.165, 1.54) is 52.3 Å². The van der Waals surface area contributed by atoms with E-state index >= 15 is 0 Å². The zero-order valence-electron chi connectivity index (χ0n) is 28.7. The van der Waals surface area contributed by atoms with Gasteiger partial charge in [-0.3, -0.25) is 0 Å². The van der Waals surface area contributed by atoms with Gasteiger partial charge in [-0.15, -0.1) is 18.2 Å². The maximum atomic E-state index is 6.40. The van der Waals surface area contributed by atoms with Crippen LogP contribution in [0.3, 0.4) is 0 Å². The number of furan rings is 1. The third-order valence-corrected chi connectivity index (χ3v) is 14.0. The molecule has 0 aliphatic heterocycles. The Bertz CT molecular complexity index is 2160. The van der Waals surface area contributed by atoms with Crippen molar-refractivity contribution in [3.63, 3.8) is 0 Å².